The van der Waals surface area contributed by atoms with Gasteiger partial charge in [0.15, 0.2) is 0 Å². The standard InChI is InChI=1S/C23H24N4O5S/c24-11-17-16-5-4-15(32-23(31)27-9-7-18(28)19(29)13-27)10-20(16)33-22(17)26-21(30)6-3-14-2-1-8-25-12-14/h1-3,6,8,12,15,18-19,28-29H,4-5,7,9-10,13H2,(H,26,30)/b6-3+. The van der Waals surface area contributed by atoms with Crippen molar-refractivity contribution in [3.05, 3.63) is 52.2 Å². The number of piperidine rings is 1. The maximum atomic E-state index is 12.5. The number of aliphatic hydroxyl groups excluding tert-OH is 2. The van der Waals surface area contributed by atoms with Gasteiger partial charge in [-0.15, -0.1) is 11.3 Å². The van der Waals surface area contributed by atoms with Crippen LogP contribution in [0.25, 0.3) is 6.08 Å². The van der Waals surface area contributed by atoms with Crippen molar-refractivity contribution in [2.75, 3.05) is 18.4 Å². The quantitative estimate of drug-likeness (QED) is 0.585. The first-order chi connectivity index (χ1) is 15.9. The van der Waals surface area contributed by atoms with E-state index in [-0.39, 0.29) is 18.6 Å². The minimum absolute atomic E-state index is 0.0400. The lowest BCUT2D eigenvalue weighted by Crippen LogP contribution is -2.49. The number of anilines is 1. The summed E-state index contributed by atoms with van der Waals surface area (Å²) in [6.07, 6.45) is 5.56. The number of fused-ring (bicyclic) bond motifs is 1. The molecule has 1 fully saturated rings. The Balaban J connectivity index is 1.39. The van der Waals surface area contributed by atoms with Crippen LogP contribution in [0.2, 0.25) is 0 Å². The van der Waals surface area contributed by atoms with Crippen LogP contribution in [0.3, 0.4) is 0 Å². The summed E-state index contributed by atoms with van der Waals surface area (Å²) in [7, 11) is 0. The van der Waals surface area contributed by atoms with E-state index in [1.807, 2.05) is 6.07 Å². The number of ether oxygens (including phenoxy) is 1. The lowest BCUT2D eigenvalue weighted by molar-refractivity contribution is -0.111. The first-order valence-electron chi connectivity index (χ1n) is 10.7. The number of pyridine rings is 1. The summed E-state index contributed by atoms with van der Waals surface area (Å²) in [4.78, 5) is 31.2. The predicted octanol–water partition coefficient (Wildman–Crippen LogP) is 2.09. The topological polar surface area (TPSA) is 136 Å². The second kappa shape index (κ2) is 10.1. The molecule has 1 saturated heterocycles. The number of hydrogen-bond acceptors (Lipinski definition) is 8. The van der Waals surface area contributed by atoms with Crippen molar-refractivity contribution >= 4 is 34.4 Å². The van der Waals surface area contributed by atoms with Crippen LogP contribution < -0.4 is 5.32 Å². The molecule has 1 aliphatic heterocycles. The van der Waals surface area contributed by atoms with Crippen LogP contribution in [0.5, 0.6) is 0 Å². The van der Waals surface area contributed by atoms with Crippen molar-refractivity contribution in [2.45, 2.75) is 44.0 Å². The molecule has 3 N–H and O–H groups in total. The fourth-order valence-corrected chi connectivity index (χ4v) is 5.23. The second-order valence-electron chi connectivity index (χ2n) is 8.05. The van der Waals surface area contributed by atoms with Crippen molar-refractivity contribution in [2.24, 2.45) is 0 Å². The predicted molar refractivity (Wildman–Crippen MR) is 121 cm³/mol. The molecule has 9 nitrogen and oxygen atoms in total. The molecular weight excluding hydrogens is 444 g/mol. The molecule has 2 aromatic heterocycles. The Bertz CT molecular complexity index is 1090. The van der Waals surface area contributed by atoms with E-state index in [9.17, 15) is 25.1 Å². The van der Waals surface area contributed by atoms with Gasteiger partial charge in [0.1, 0.15) is 17.2 Å². The van der Waals surface area contributed by atoms with Crippen LogP contribution in [0.1, 0.15) is 34.4 Å². The summed E-state index contributed by atoms with van der Waals surface area (Å²) >= 11 is 1.32. The number of β-amino-alcohol motifs (C(OH)–C–C–N with tert-alkyl or cyclic N) is 1. The summed E-state index contributed by atoms with van der Waals surface area (Å²) in [6.45, 7) is 0.369. The molecule has 0 bridgehead atoms. The molecule has 3 heterocycles. The zero-order valence-electron chi connectivity index (χ0n) is 17.8. The van der Waals surface area contributed by atoms with Crippen molar-refractivity contribution in [1.82, 2.24) is 9.88 Å². The molecule has 172 valence electrons. The monoisotopic (exact) mass is 468 g/mol. The molecule has 33 heavy (non-hydrogen) atoms. The van der Waals surface area contributed by atoms with E-state index in [0.717, 1.165) is 16.0 Å². The number of likely N-dealkylation sites (tertiary alicyclic amines) is 1. The number of nitriles is 1. The molecule has 3 atom stereocenters. The average molecular weight is 469 g/mol. The van der Waals surface area contributed by atoms with Gasteiger partial charge in [-0.1, -0.05) is 6.07 Å². The van der Waals surface area contributed by atoms with Crippen molar-refractivity contribution < 1.29 is 24.5 Å². The third-order valence-corrected chi connectivity index (χ3v) is 6.92. The first kappa shape index (κ1) is 22.9. The van der Waals surface area contributed by atoms with Gasteiger partial charge in [0, 0.05) is 36.3 Å². The Morgan fingerprint density at radius 3 is 2.91 bits per heavy atom. The number of nitrogens with one attached hydrogen (secondary N) is 1. The highest BCUT2D eigenvalue weighted by molar-refractivity contribution is 7.16. The molecule has 0 saturated carbocycles. The molecule has 0 aromatic carbocycles. The number of nitrogens with zero attached hydrogens (tertiary/aromatic N) is 3. The van der Waals surface area contributed by atoms with E-state index in [2.05, 4.69) is 16.4 Å². The van der Waals surface area contributed by atoms with Crippen molar-refractivity contribution in [3.8, 4) is 6.07 Å². The number of thiophene rings is 1. The molecular formula is C23H24N4O5S. The molecule has 2 aliphatic rings. The summed E-state index contributed by atoms with van der Waals surface area (Å²) < 4.78 is 5.64. The van der Waals surface area contributed by atoms with Gasteiger partial charge in [0.25, 0.3) is 0 Å². The smallest absolute Gasteiger partial charge is 0.410 e. The zero-order chi connectivity index (χ0) is 23.4. The SMILES string of the molecule is N#Cc1c(NC(=O)/C=C/c2cccnc2)sc2c1CCC(OC(=O)N1CCC(O)C(O)C1)C2. The van der Waals surface area contributed by atoms with Gasteiger partial charge in [-0.3, -0.25) is 9.78 Å². The maximum Gasteiger partial charge on any atom is 0.410 e. The van der Waals surface area contributed by atoms with E-state index >= 15 is 0 Å². The summed E-state index contributed by atoms with van der Waals surface area (Å²) in [5.41, 5.74) is 2.13. The molecule has 10 heteroatoms. The number of carbonyl (C=O) groups excluding carboxylic acids is 2. The van der Waals surface area contributed by atoms with Crippen LogP contribution in [0, 0.1) is 11.3 Å². The van der Waals surface area contributed by atoms with E-state index in [1.54, 1.807) is 24.5 Å². The number of aromatic nitrogens is 1. The van der Waals surface area contributed by atoms with E-state index in [0.29, 0.717) is 42.8 Å². The van der Waals surface area contributed by atoms with Crippen LogP contribution in [0.4, 0.5) is 9.80 Å². The average Bonchev–Trinajstić information content (AvgIpc) is 3.16. The van der Waals surface area contributed by atoms with Crippen LogP contribution >= 0.6 is 11.3 Å². The maximum absolute atomic E-state index is 12.5. The third kappa shape index (κ3) is 5.39. The second-order valence-corrected chi connectivity index (χ2v) is 9.15. The highest BCUT2D eigenvalue weighted by atomic mass is 32.1. The van der Waals surface area contributed by atoms with Crippen LogP contribution in [-0.4, -0.2) is 63.5 Å². The number of rotatable bonds is 4. The molecule has 0 spiro atoms. The normalized spacial score (nSPS) is 22.5. The molecule has 1 aliphatic carbocycles. The fourth-order valence-electron chi connectivity index (χ4n) is 3.96. The third-order valence-electron chi connectivity index (χ3n) is 5.75. The molecule has 2 amide bonds. The fraction of sp³-hybridized carbons (Fsp3) is 0.391. The molecule has 2 aromatic rings. The van der Waals surface area contributed by atoms with E-state index in [4.69, 9.17) is 4.74 Å². The number of aliphatic hydroxyl groups is 2. The van der Waals surface area contributed by atoms with Gasteiger partial charge >= 0.3 is 6.09 Å². The van der Waals surface area contributed by atoms with E-state index < -0.39 is 18.3 Å². The van der Waals surface area contributed by atoms with Crippen molar-refractivity contribution in [3.63, 3.8) is 0 Å². The lowest BCUT2D eigenvalue weighted by atomic mass is 9.94. The Kier molecular flexibility index (Phi) is 7.03. The minimum Gasteiger partial charge on any atom is -0.446 e. The van der Waals surface area contributed by atoms with Gasteiger partial charge in [-0.05, 0) is 42.5 Å². The number of hydrogen-bond donors (Lipinski definition) is 3. The summed E-state index contributed by atoms with van der Waals surface area (Å²) in [5, 5.41) is 32.4. The first-order valence-corrected chi connectivity index (χ1v) is 11.5. The highest BCUT2D eigenvalue weighted by Gasteiger charge is 2.33. The molecule has 4 rings (SSSR count). The largest absolute Gasteiger partial charge is 0.446 e. The van der Waals surface area contributed by atoms with Crippen molar-refractivity contribution in [1.29, 1.82) is 5.26 Å². The van der Waals surface area contributed by atoms with Gasteiger partial charge in [-0.25, -0.2) is 4.79 Å². The minimum atomic E-state index is -0.974. The number of amides is 2. The Morgan fingerprint density at radius 1 is 1.33 bits per heavy atom. The lowest BCUT2D eigenvalue weighted by Gasteiger charge is -2.34. The van der Waals surface area contributed by atoms with E-state index in [1.165, 1.54) is 22.3 Å². The van der Waals surface area contributed by atoms with Gasteiger partial charge in [0.2, 0.25) is 5.91 Å². The summed E-state index contributed by atoms with van der Waals surface area (Å²) in [6, 6.07) is 5.80. The Morgan fingerprint density at radius 2 is 2.18 bits per heavy atom. The Labute approximate surface area is 194 Å². The summed E-state index contributed by atoms with van der Waals surface area (Å²) in [5.74, 6) is -0.345. The molecule has 0 radical (unpaired) electrons. The Hall–Kier alpha value is -3.26. The van der Waals surface area contributed by atoms with Crippen LogP contribution in [0.15, 0.2) is 30.6 Å². The molecule has 3 unspecified atom stereocenters. The number of carbonyl (C=O) groups is 2. The zero-order valence-corrected chi connectivity index (χ0v) is 18.6. The van der Waals surface area contributed by atoms with Gasteiger partial charge < -0.3 is 25.2 Å². The van der Waals surface area contributed by atoms with Gasteiger partial charge in [-0.2, -0.15) is 5.26 Å². The highest BCUT2D eigenvalue weighted by Crippen LogP contribution is 2.38. The van der Waals surface area contributed by atoms with Crippen LogP contribution in [-0.2, 0) is 22.4 Å². The van der Waals surface area contributed by atoms with Gasteiger partial charge in [0.05, 0.1) is 24.3 Å².